The molecule has 0 saturated carbocycles. The van der Waals surface area contributed by atoms with E-state index < -0.39 is 0 Å². The Bertz CT molecular complexity index is 135. The highest BCUT2D eigenvalue weighted by atomic mass is 32.2. The van der Waals surface area contributed by atoms with E-state index in [4.69, 9.17) is 5.73 Å². The van der Waals surface area contributed by atoms with Gasteiger partial charge in [-0.1, -0.05) is 6.92 Å². The normalized spacial score (nSPS) is 17.7. The first-order valence-electron chi connectivity index (χ1n) is 3.55. The molecule has 0 fully saturated rings. The molecule has 10 heavy (non-hydrogen) atoms. The average molecular weight is 159 g/mol. The summed E-state index contributed by atoms with van der Waals surface area (Å²) in [6.45, 7) is 4.01. The summed E-state index contributed by atoms with van der Waals surface area (Å²) in [7, 11) is 0. The van der Waals surface area contributed by atoms with Gasteiger partial charge in [0.25, 0.3) is 0 Å². The fraction of sp³-hybridized carbons (Fsp3) is 0.833. The summed E-state index contributed by atoms with van der Waals surface area (Å²) in [6, 6.07) is 0. The number of nitrogens with two attached hydrogens (primary N) is 1. The smallest absolute Gasteiger partial charge is 0.201 e. The van der Waals surface area contributed by atoms with E-state index in [1.165, 1.54) is 6.42 Å². The predicted molar refractivity (Wildman–Crippen MR) is 45.9 cm³/mol. The maximum atomic E-state index is 5.57. The van der Waals surface area contributed by atoms with Gasteiger partial charge in [0, 0.05) is 5.75 Å². The van der Waals surface area contributed by atoms with Crippen LogP contribution in [-0.2, 0) is 0 Å². The third-order valence-corrected chi connectivity index (χ3v) is 2.56. The van der Waals surface area contributed by atoms with Crippen molar-refractivity contribution < 1.29 is 0 Å². The fourth-order valence-corrected chi connectivity index (χ4v) is 1.58. The molecule has 58 valence electrons. The zero-order chi connectivity index (χ0) is 7.40. The van der Waals surface area contributed by atoms with E-state index >= 15 is 0 Å². The van der Waals surface area contributed by atoms with Crippen molar-refractivity contribution in [1.82, 2.24) is 4.31 Å². The fourth-order valence-electron chi connectivity index (χ4n) is 0.781. The zero-order valence-electron chi connectivity index (χ0n) is 6.21. The van der Waals surface area contributed by atoms with Crippen molar-refractivity contribution in [1.29, 1.82) is 0 Å². The zero-order valence-corrected chi connectivity index (χ0v) is 7.02. The van der Waals surface area contributed by atoms with Crippen molar-refractivity contribution in [2.75, 3.05) is 18.8 Å². The van der Waals surface area contributed by atoms with Crippen LogP contribution >= 0.6 is 11.9 Å². The van der Waals surface area contributed by atoms with Gasteiger partial charge < -0.3 is 5.73 Å². The van der Waals surface area contributed by atoms with Gasteiger partial charge >= 0.3 is 0 Å². The second kappa shape index (κ2) is 3.71. The first kappa shape index (κ1) is 7.72. The van der Waals surface area contributed by atoms with E-state index in [2.05, 4.69) is 16.2 Å². The lowest BCUT2D eigenvalue weighted by Gasteiger charge is -2.14. The molecule has 0 aromatic heterocycles. The van der Waals surface area contributed by atoms with Crippen LogP contribution in [0.25, 0.3) is 0 Å². The molecule has 3 nitrogen and oxygen atoms in total. The highest BCUT2D eigenvalue weighted by Crippen LogP contribution is 2.13. The molecule has 0 aromatic carbocycles. The molecule has 0 aliphatic carbocycles. The number of guanidine groups is 1. The second-order valence-corrected chi connectivity index (χ2v) is 3.28. The molecule has 0 unspecified atom stereocenters. The average Bonchev–Trinajstić information content (AvgIpc) is 2.31. The van der Waals surface area contributed by atoms with E-state index in [-0.39, 0.29) is 0 Å². The Balaban J connectivity index is 2.22. The van der Waals surface area contributed by atoms with Crippen LogP contribution in [0.4, 0.5) is 0 Å². The van der Waals surface area contributed by atoms with Crippen LogP contribution in [0.3, 0.4) is 0 Å². The Kier molecular flexibility index (Phi) is 2.86. The van der Waals surface area contributed by atoms with Gasteiger partial charge in [0.1, 0.15) is 0 Å². The molecule has 0 saturated heterocycles. The predicted octanol–water partition coefficient (Wildman–Crippen LogP) is 0.675. The topological polar surface area (TPSA) is 41.6 Å². The Hall–Kier alpha value is -0.380. The number of hydrogen-bond acceptors (Lipinski definition) is 4. The Morgan fingerprint density at radius 2 is 2.60 bits per heavy atom. The van der Waals surface area contributed by atoms with Crippen LogP contribution in [0, 0.1) is 0 Å². The van der Waals surface area contributed by atoms with Crippen LogP contribution in [0.15, 0.2) is 4.99 Å². The minimum absolute atomic E-state index is 0.693. The molecule has 0 atom stereocenters. The highest BCUT2D eigenvalue weighted by molar-refractivity contribution is 7.97. The largest absolute Gasteiger partial charge is 0.369 e. The standard InChI is InChI=1S/C6H13N3S/c1-2-5-10-9-4-3-8-6(9)7/h2-5H2,1H3,(H2,7,8). The molecule has 1 aliphatic rings. The van der Waals surface area contributed by atoms with E-state index in [0.29, 0.717) is 5.96 Å². The minimum atomic E-state index is 0.693. The van der Waals surface area contributed by atoms with Crippen molar-refractivity contribution in [3.05, 3.63) is 0 Å². The lowest BCUT2D eigenvalue weighted by atomic mass is 10.6. The van der Waals surface area contributed by atoms with Crippen molar-refractivity contribution in [3.8, 4) is 0 Å². The summed E-state index contributed by atoms with van der Waals surface area (Å²) in [6.07, 6.45) is 1.19. The molecule has 1 heterocycles. The lowest BCUT2D eigenvalue weighted by Crippen LogP contribution is -2.27. The number of rotatable bonds is 3. The van der Waals surface area contributed by atoms with Gasteiger partial charge in [0.05, 0.1) is 13.1 Å². The Morgan fingerprint density at radius 3 is 3.10 bits per heavy atom. The molecule has 0 amide bonds. The van der Waals surface area contributed by atoms with E-state index in [9.17, 15) is 0 Å². The quantitative estimate of drug-likeness (QED) is 0.615. The van der Waals surface area contributed by atoms with Gasteiger partial charge in [-0.2, -0.15) is 0 Å². The molecule has 2 N–H and O–H groups in total. The monoisotopic (exact) mass is 159 g/mol. The van der Waals surface area contributed by atoms with E-state index in [1.807, 2.05) is 0 Å². The number of aliphatic imine (C=N–C) groups is 1. The van der Waals surface area contributed by atoms with Gasteiger partial charge in [0.15, 0.2) is 0 Å². The Labute approximate surface area is 65.8 Å². The first-order valence-corrected chi connectivity index (χ1v) is 4.49. The molecule has 1 aliphatic heterocycles. The van der Waals surface area contributed by atoms with Gasteiger partial charge in [-0.05, 0) is 18.4 Å². The molecule has 0 radical (unpaired) electrons. The summed E-state index contributed by atoms with van der Waals surface area (Å²) < 4.78 is 2.06. The second-order valence-electron chi connectivity index (χ2n) is 2.18. The minimum Gasteiger partial charge on any atom is -0.369 e. The van der Waals surface area contributed by atoms with Crippen LogP contribution in [0.5, 0.6) is 0 Å². The lowest BCUT2D eigenvalue weighted by molar-refractivity contribution is 0.728. The summed E-state index contributed by atoms with van der Waals surface area (Å²) in [4.78, 5) is 4.07. The van der Waals surface area contributed by atoms with Gasteiger partial charge in [-0.3, -0.25) is 9.30 Å². The summed E-state index contributed by atoms with van der Waals surface area (Å²) in [5.41, 5.74) is 5.57. The highest BCUT2D eigenvalue weighted by Gasteiger charge is 2.12. The SMILES string of the molecule is CCCSN1CCN=C1N. The van der Waals surface area contributed by atoms with Crippen molar-refractivity contribution in [2.24, 2.45) is 10.7 Å². The Morgan fingerprint density at radius 1 is 1.80 bits per heavy atom. The van der Waals surface area contributed by atoms with Crippen molar-refractivity contribution in [2.45, 2.75) is 13.3 Å². The van der Waals surface area contributed by atoms with Crippen molar-refractivity contribution >= 4 is 17.9 Å². The van der Waals surface area contributed by atoms with Crippen LogP contribution in [0.1, 0.15) is 13.3 Å². The summed E-state index contributed by atoms with van der Waals surface area (Å²) in [5.74, 6) is 1.83. The maximum absolute atomic E-state index is 5.57. The maximum Gasteiger partial charge on any atom is 0.201 e. The summed E-state index contributed by atoms with van der Waals surface area (Å²) >= 11 is 1.77. The third kappa shape index (κ3) is 1.80. The van der Waals surface area contributed by atoms with Gasteiger partial charge in [0.2, 0.25) is 5.96 Å². The number of nitrogens with zero attached hydrogens (tertiary/aromatic N) is 2. The molecule has 0 aromatic rings. The molecule has 0 bridgehead atoms. The van der Waals surface area contributed by atoms with E-state index in [0.717, 1.165) is 18.8 Å². The molecular weight excluding hydrogens is 146 g/mol. The first-order chi connectivity index (χ1) is 4.84. The van der Waals surface area contributed by atoms with Crippen LogP contribution in [0.2, 0.25) is 0 Å². The van der Waals surface area contributed by atoms with Crippen LogP contribution in [-0.4, -0.2) is 29.1 Å². The van der Waals surface area contributed by atoms with Gasteiger partial charge in [-0.15, -0.1) is 0 Å². The van der Waals surface area contributed by atoms with E-state index in [1.54, 1.807) is 11.9 Å². The third-order valence-electron chi connectivity index (χ3n) is 1.28. The number of hydrogen-bond donors (Lipinski definition) is 1. The van der Waals surface area contributed by atoms with Crippen LogP contribution < -0.4 is 5.73 Å². The van der Waals surface area contributed by atoms with Gasteiger partial charge in [-0.25, -0.2) is 0 Å². The molecule has 0 spiro atoms. The van der Waals surface area contributed by atoms with Crippen molar-refractivity contribution in [3.63, 3.8) is 0 Å². The molecular formula is C6H13N3S. The summed E-state index contributed by atoms with van der Waals surface area (Å²) in [5, 5.41) is 0. The molecule has 4 heteroatoms. The molecule has 1 rings (SSSR count).